The molecule has 4 aromatic rings. The number of carbonyl (C=O) groups is 1. The number of halogens is 2. The Hall–Kier alpha value is -3.61. The Morgan fingerprint density at radius 2 is 2.03 bits per heavy atom. The van der Waals surface area contributed by atoms with Crippen LogP contribution in [0.25, 0.3) is 28.0 Å². The zero-order chi connectivity index (χ0) is 24.7. The number of aromatic nitrogens is 3. The van der Waals surface area contributed by atoms with Crippen LogP contribution in [0.4, 0.5) is 4.39 Å². The minimum absolute atomic E-state index is 0.0241. The van der Waals surface area contributed by atoms with E-state index in [2.05, 4.69) is 16.2 Å². The third-order valence-corrected chi connectivity index (χ3v) is 8.25. The van der Waals surface area contributed by atoms with E-state index in [0.29, 0.717) is 50.5 Å². The highest BCUT2D eigenvalue weighted by Crippen LogP contribution is 2.35. The molecule has 0 saturated carbocycles. The molecule has 3 heterocycles. The lowest BCUT2D eigenvalue weighted by molar-refractivity contribution is 0.0966. The van der Waals surface area contributed by atoms with Crippen LogP contribution in [0.2, 0.25) is 5.02 Å². The number of nitriles is 1. The van der Waals surface area contributed by atoms with Gasteiger partial charge in [0.15, 0.2) is 21.4 Å². The molecule has 7 nitrogen and oxygen atoms in total. The van der Waals surface area contributed by atoms with Gasteiger partial charge in [-0.1, -0.05) is 17.7 Å². The largest absolute Gasteiger partial charge is 0.294 e. The standard InChI is InChI=1S/C25H18ClFN4O3S/c26-21-5-1-15(12-28)9-20(21)25-19-4-2-17(23(32)10-16-7-8-35(33,34)14-16)11-22(19)31(30-25)24-6-3-18(27)13-29-24/h1-6,9,11,13,16H,7-8,10,14H2. The molecule has 0 radical (unpaired) electrons. The smallest absolute Gasteiger partial charge is 0.163 e. The molecule has 1 aliphatic rings. The molecule has 10 heteroatoms. The van der Waals surface area contributed by atoms with E-state index in [0.717, 1.165) is 6.20 Å². The first-order valence-electron chi connectivity index (χ1n) is 10.8. The zero-order valence-electron chi connectivity index (χ0n) is 18.3. The number of benzene rings is 2. The van der Waals surface area contributed by atoms with E-state index in [4.69, 9.17) is 11.6 Å². The summed E-state index contributed by atoms with van der Waals surface area (Å²) in [6.45, 7) is 0. The summed E-state index contributed by atoms with van der Waals surface area (Å²) in [4.78, 5) is 17.1. The van der Waals surface area contributed by atoms with Crippen molar-refractivity contribution in [3.8, 4) is 23.1 Å². The number of carbonyl (C=O) groups excluding carboxylic acids is 1. The van der Waals surface area contributed by atoms with Gasteiger partial charge in [0.1, 0.15) is 11.5 Å². The molecule has 2 aromatic carbocycles. The van der Waals surface area contributed by atoms with E-state index in [1.807, 2.05) is 0 Å². The Bertz CT molecular complexity index is 1630. The number of nitrogens with zero attached hydrogens (tertiary/aromatic N) is 4. The van der Waals surface area contributed by atoms with Crippen LogP contribution in [-0.2, 0) is 9.84 Å². The van der Waals surface area contributed by atoms with Crippen LogP contribution >= 0.6 is 11.6 Å². The third-order valence-electron chi connectivity index (χ3n) is 6.08. The van der Waals surface area contributed by atoms with Crippen LogP contribution in [-0.4, -0.2) is 40.5 Å². The lowest BCUT2D eigenvalue weighted by atomic mass is 9.96. The molecule has 176 valence electrons. The molecule has 1 aliphatic heterocycles. The molecule has 35 heavy (non-hydrogen) atoms. The van der Waals surface area contributed by atoms with E-state index in [9.17, 15) is 22.9 Å². The number of fused-ring (bicyclic) bond motifs is 1. The SMILES string of the molecule is N#Cc1ccc(Cl)c(-c2nn(-c3ccc(F)cn3)c3cc(C(=O)CC4CCS(=O)(=O)C4)ccc23)c1. The van der Waals surface area contributed by atoms with Crippen LogP contribution in [0.15, 0.2) is 54.7 Å². The van der Waals surface area contributed by atoms with Crippen LogP contribution in [0.5, 0.6) is 0 Å². The highest BCUT2D eigenvalue weighted by Gasteiger charge is 2.30. The van der Waals surface area contributed by atoms with Crippen molar-refractivity contribution in [2.75, 3.05) is 11.5 Å². The maximum Gasteiger partial charge on any atom is 0.163 e. The van der Waals surface area contributed by atoms with E-state index in [1.165, 1.54) is 16.8 Å². The minimum atomic E-state index is -3.08. The van der Waals surface area contributed by atoms with Gasteiger partial charge in [0.2, 0.25) is 0 Å². The van der Waals surface area contributed by atoms with Crippen molar-refractivity contribution in [2.45, 2.75) is 12.8 Å². The summed E-state index contributed by atoms with van der Waals surface area (Å²) >= 11 is 6.44. The molecule has 0 N–H and O–H groups in total. The van der Waals surface area contributed by atoms with E-state index in [1.54, 1.807) is 36.4 Å². The molecule has 0 bridgehead atoms. The van der Waals surface area contributed by atoms with Gasteiger partial charge in [-0.05, 0) is 54.8 Å². The number of hydrogen-bond acceptors (Lipinski definition) is 6. The van der Waals surface area contributed by atoms with Crippen molar-refractivity contribution in [3.05, 3.63) is 76.7 Å². The van der Waals surface area contributed by atoms with Crippen molar-refractivity contribution >= 4 is 38.1 Å². The third kappa shape index (κ3) is 4.55. The molecular formula is C25H18ClFN4O3S. The zero-order valence-corrected chi connectivity index (χ0v) is 19.9. The van der Waals surface area contributed by atoms with Crippen molar-refractivity contribution < 1.29 is 17.6 Å². The molecule has 1 fully saturated rings. The van der Waals surface area contributed by atoms with Gasteiger partial charge in [-0.3, -0.25) is 4.79 Å². The quantitative estimate of drug-likeness (QED) is 0.360. The fourth-order valence-corrected chi connectivity index (χ4v) is 6.41. The highest BCUT2D eigenvalue weighted by molar-refractivity contribution is 7.91. The molecule has 0 amide bonds. The normalized spacial score (nSPS) is 16.9. The van der Waals surface area contributed by atoms with Crippen LogP contribution in [0.3, 0.4) is 0 Å². The number of pyridine rings is 1. The summed E-state index contributed by atoms with van der Waals surface area (Å²) in [5, 5.41) is 15.0. The second-order valence-electron chi connectivity index (χ2n) is 8.53. The first-order chi connectivity index (χ1) is 16.7. The summed E-state index contributed by atoms with van der Waals surface area (Å²) in [5.41, 5.74) is 2.38. The predicted octanol–water partition coefficient (Wildman–Crippen LogP) is 4.76. The van der Waals surface area contributed by atoms with Crippen LogP contribution in [0, 0.1) is 23.1 Å². The monoisotopic (exact) mass is 508 g/mol. The molecule has 0 aliphatic carbocycles. The Morgan fingerprint density at radius 1 is 1.20 bits per heavy atom. The lowest BCUT2D eigenvalue weighted by Gasteiger charge is -2.08. The van der Waals surface area contributed by atoms with E-state index < -0.39 is 15.7 Å². The van der Waals surface area contributed by atoms with E-state index >= 15 is 0 Å². The van der Waals surface area contributed by atoms with Gasteiger partial charge in [-0.2, -0.15) is 10.4 Å². The lowest BCUT2D eigenvalue weighted by Crippen LogP contribution is -2.11. The topological polar surface area (TPSA) is 106 Å². The van der Waals surface area contributed by atoms with Crippen LogP contribution < -0.4 is 0 Å². The average Bonchev–Trinajstić information content (AvgIpc) is 3.39. The van der Waals surface area contributed by atoms with Crippen molar-refractivity contribution in [3.63, 3.8) is 0 Å². The summed E-state index contributed by atoms with van der Waals surface area (Å²) in [6, 6.07) is 14.7. The van der Waals surface area contributed by atoms with Gasteiger partial charge >= 0.3 is 0 Å². The maximum absolute atomic E-state index is 13.5. The fourth-order valence-electron chi connectivity index (χ4n) is 4.34. The molecule has 0 spiro atoms. The maximum atomic E-state index is 13.5. The first kappa shape index (κ1) is 23.1. The molecule has 5 rings (SSSR count). The Morgan fingerprint density at radius 3 is 2.71 bits per heavy atom. The summed E-state index contributed by atoms with van der Waals surface area (Å²) in [6.07, 6.45) is 1.68. The van der Waals surface area contributed by atoms with Crippen molar-refractivity contribution in [1.82, 2.24) is 14.8 Å². The van der Waals surface area contributed by atoms with Gasteiger partial charge in [0.05, 0.1) is 39.9 Å². The van der Waals surface area contributed by atoms with Gasteiger partial charge in [-0.25, -0.2) is 22.5 Å². The summed E-state index contributed by atoms with van der Waals surface area (Å²) in [7, 11) is -3.08. The first-order valence-corrected chi connectivity index (χ1v) is 13.0. The predicted molar refractivity (Wildman–Crippen MR) is 130 cm³/mol. The summed E-state index contributed by atoms with van der Waals surface area (Å²) in [5.74, 6) is -0.399. The van der Waals surface area contributed by atoms with Crippen molar-refractivity contribution in [1.29, 1.82) is 5.26 Å². The summed E-state index contributed by atoms with van der Waals surface area (Å²) < 4.78 is 38.6. The van der Waals surface area contributed by atoms with E-state index in [-0.39, 0.29) is 29.6 Å². The second-order valence-corrected chi connectivity index (χ2v) is 11.2. The second kappa shape index (κ2) is 8.87. The Balaban J connectivity index is 1.63. The number of Topliss-reactive ketones (excluding diaryl/α,β-unsaturated/α-hetero) is 1. The minimum Gasteiger partial charge on any atom is -0.294 e. The molecule has 1 atom stereocenters. The number of sulfone groups is 1. The van der Waals surface area contributed by atoms with Crippen LogP contribution in [0.1, 0.15) is 28.8 Å². The average molecular weight is 509 g/mol. The van der Waals surface area contributed by atoms with Gasteiger partial charge in [0, 0.05) is 22.9 Å². The van der Waals surface area contributed by atoms with Crippen molar-refractivity contribution in [2.24, 2.45) is 5.92 Å². The highest BCUT2D eigenvalue weighted by atomic mass is 35.5. The number of rotatable bonds is 5. The number of ketones is 1. The Kier molecular flexibility index (Phi) is 5.87. The molecular weight excluding hydrogens is 491 g/mol. The fraction of sp³-hybridized carbons (Fsp3) is 0.200. The van der Waals surface area contributed by atoms with Gasteiger partial charge in [0.25, 0.3) is 0 Å². The Labute approximate surface area is 205 Å². The molecule has 1 saturated heterocycles. The number of hydrogen-bond donors (Lipinski definition) is 0. The van der Waals surface area contributed by atoms with Gasteiger partial charge < -0.3 is 0 Å². The molecule has 1 unspecified atom stereocenters. The molecule has 2 aromatic heterocycles. The van der Waals surface area contributed by atoms with Gasteiger partial charge in [-0.15, -0.1) is 0 Å².